The third kappa shape index (κ3) is 6.05. The van der Waals surface area contributed by atoms with Crippen molar-refractivity contribution in [3.63, 3.8) is 0 Å². The Kier molecular flexibility index (Phi) is 6.86. The second-order valence-electron chi connectivity index (χ2n) is 4.75. The molecule has 22 heavy (non-hydrogen) atoms. The average Bonchev–Trinajstić information content (AvgIpc) is 2.44. The first-order chi connectivity index (χ1) is 10.2. The van der Waals surface area contributed by atoms with E-state index in [2.05, 4.69) is 5.32 Å². The lowest BCUT2D eigenvalue weighted by Crippen LogP contribution is -2.39. The normalized spacial score (nSPS) is 12.6. The van der Waals surface area contributed by atoms with Gasteiger partial charge in [-0.05, 0) is 25.3 Å². The SMILES string of the molecule is CSCC(C)N(C)C(=O)Nc1ccccc1OCC(F)(F)F. The van der Waals surface area contributed by atoms with Gasteiger partial charge in [0.1, 0.15) is 5.75 Å². The molecular weight excluding hydrogens is 317 g/mol. The zero-order valence-electron chi connectivity index (χ0n) is 12.6. The van der Waals surface area contributed by atoms with Gasteiger partial charge < -0.3 is 15.0 Å². The molecule has 8 heteroatoms. The highest BCUT2D eigenvalue weighted by Gasteiger charge is 2.29. The Bertz CT molecular complexity index is 497. The van der Waals surface area contributed by atoms with E-state index in [0.29, 0.717) is 0 Å². The molecule has 0 aliphatic carbocycles. The third-order valence-electron chi connectivity index (χ3n) is 2.91. The van der Waals surface area contributed by atoms with Crippen LogP contribution in [0.2, 0.25) is 0 Å². The number of alkyl halides is 3. The summed E-state index contributed by atoms with van der Waals surface area (Å²) in [5, 5.41) is 2.57. The van der Waals surface area contributed by atoms with Crippen molar-refractivity contribution in [2.75, 3.05) is 31.0 Å². The van der Waals surface area contributed by atoms with Crippen LogP contribution in [0.5, 0.6) is 5.75 Å². The maximum absolute atomic E-state index is 12.2. The number of hydrogen-bond acceptors (Lipinski definition) is 3. The highest BCUT2D eigenvalue weighted by atomic mass is 32.2. The van der Waals surface area contributed by atoms with Gasteiger partial charge in [-0.3, -0.25) is 0 Å². The molecule has 0 fully saturated rings. The quantitative estimate of drug-likeness (QED) is 0.858. The van der Waals surface area contributed by atoms with Crippen molar-refractivity contribution >= 4 is 23.5 Å². The maximum Gasteiger partial charge on any atom is 0.422 e. The standard InChI is InChI=1S/C14H19F3N2O2S/c1-10(8-22-3)19(2)13(20)18-11-6-4-5-7-12(11)21-9-14(15,16)17/h4-7,10H,8-9H2,1-3H3,(H,18,20). The van der Waals surface area contributed by atoms with E-state index in [-0.39, 0.29) is 17.5 Å². The van der Waals surface area contributed by atoms with Crippen molar-refractivity contribution in [2.45, 2.75) is 19.1 Å². The van der Waals surface area contributed by atoms with Crippen LogP contribution in [-0.2, 0) is 0 Å². The van der Waals surface area contributed by atoms with Crippen LogP contribution in [0.3, 0.4) is 0 Å². The van der Waals surface area contributed by atoms with Crippen molar-refractivity contribution in [3.05, 3.63) is 24.3 Å². The predicted octanol–water partition coefficient (Wildman–Crippen LogP) is 3.84. The molecule has 0 heterocycles. The molecule has 1 aromatic carbocycles. The van der Waals surface area contributed by atoms with Crippen LogP contribution in [0.1, 0.15) is 6.92 Å². The van der Waals surface area contributed by atoms with Crippen LogP contribution in [0.25, 0.3) is 0 Å². The number of para-hydroxylation sites is 2. The lowest BCUT2D eigenvalue weighted by atomic mass is 10.3. The first-order valence-corrected chi connectivity index (χ1v) is 7.95. The maximum atomic E-state index is 12.2. The van der Waals surface area contributed by atoms with E-state index < -0.39 is 18.8 Å². The van der Waals surface area contributed by atoms with Crippen molar-refractivity contribution in [1.29, 1.82) is 0 Å². The number of rotatable bonds is 6. The molecule has 0 aliphatic heterocycles. The minimum Gasteiger partial charge on any atom is -0.482 e. The zero-order valence-corrected chi connectivity index (χ0v) is 13.4. The van der Waals surface area contributed by atoms with E-state index in [1.54, 1.807) is 30.9 Å². The second kappa shape index (κ2) is 8.17. The Morgan fingerprint density at radius 3 is 2.64 bits per heavy atom. The molecule has 1 atom stereocenters. The van der Waals surface area contributed by atoms with Crippen molar-refractivity contribution in [3.8, 4) is 5.75 Å². The summed E-state index contributed by atoms with van der Waals surface area (Å²) in [5.74, 6) is 0.745. The predicted molar refractivity (Wildman–Crippen MR) is 82.6 cm³/mol. The first kappa shape index (κ1) is 18.5. The number of nitrogens with zero attached hydrogens (tertiary/aromatic N) is 1. The number of amides is 2. The number of nitrogens with one attached hydrogen (secondary N) is 1. The summed E-state index contributed by atoms with van der Waals surface area (Å²) in [4.78, 5) is 13.6. The molecule has 0 bridgehead atoms. The van der Waals surface area contributed by atoms with Crippen LogP contribution in [-0.4, -0.2) is 48.8 Å². The molecule has 4 nitrogen and oxygen atoms in total. The van der Waals surface area contributed by atoms with Gasteiger partial charge in [-0.15, -0.1) is 0 Å². The molecule has 1 N–H and O–H groups in total. The summed E-state index contributed by atoms with van der Waals surface area (Å²) in [6, 6.07) is 5.63. The third-order valence-corrected chi connectivity index (χ3v) is 3.73. The van der Waals surface area contributed by atoms with E-state index >= 15 is 0 Å². The average molecular weight is 336 g/mol. The van der Waals surface area contributed by atoms with Gasteiger partial charge in [0.2, 0.25) is 0 Å². The number of thioether (sulfide) groups is 1. The Hall–Kier alpha value is -1.57. The number of anilines is 1. The number of carbonyl (C=O) groups excluding carboxylic acids is 1. The van der Waals surface area contributed by atoms with Gasteiger partial charge in [-0.25, -0.2) is 4.79 Å². The van der Waals surface area contributed by atoms with Gasteiger partial charge >= 0.3 is 12.2 Å². The molecule has 124 valence electrons. The van der Waals surface area contributed by atoms with Crippen LogP contribution in [0, 0.1) is 0 Å². The highest BCUT2D eigenvalue weighted by molar-refractivity contribution is 7.98. The molecule has 0 spiro atoms. The van der Waals surface area contributed by atoms with Gasteiger partial charge in [0.05, 0.1) is 5.69 Å². The van der Waals surface area contributed by atoms with E-state index in [4.69, 9.17) is 4.74 Å². The summed E-state index contributed by atoms with van der Waals surface area (Å²) >= 11 is 1.60. The van der Waals surface area contributed by atoms with Gasteiger partial charge in [0.15, 0.2) is 6.61 Å². The molecule has 1 unspecified atom stereocenters. The summed E-state index contributed by atoms with van der Waals surface area (Å²) in [6.45, 7) is 0.487. The van der Waals surface area contributed by atoms with E-state index in [0.717, 1.165) is 5.75 Å². The smallest absolute Gasteiger partial charge is 0.422 e. The van der Waals surface area contributed by atoms with Gasteiger partial charge in [-0.2, -0.15) is 24.9 Å². The molecule has 0 aromatic heterocycles. The molecule has 0 saturated heterocycles. The van der Waals surface area contributed by atoms with Crippen LogP contribution in [0.4, 0.5) is 23.7 Å². The Morgan fingerprint density at radius 2 is 2.05 bits per heavy atom. The van der Waals surface area contributed by atoms with Gasteiger partial charge in [-0.1, -0.05) is 12.1 Å². The number of benzene rings is 1. The Balaban J connectivity index is 2.74. The van der Waals surface area contributed by atoms with Gasteiger partial charge in [0.25, 0.3) is 0 Å². The molecular formula is C14H19F3N2O2S. The number of carbonyl (C=O) groups is 1. The number of hydrogen-bond donors (Lipinski definition) is 1. The first-order valence-electron chi connectivity index (χ1n) is 6.56. The van der Waals surface area contributed by atoms with E-state index in [9.17, 15) is 18.0 Å². The number of ether oxygens (including phenoxy) is 1. The van der Waals surface area contributed by atoms with E-state index in [1.807, 2.05) is 13.2 Å². The zero-order chi connectivity index (χ0) is 16.8. The lowest BCUT2D eigenvalue weighted by molar-refractivity contribution is -0.153. The molecule has 0 radical (unpaired) electrons. The van der Waals surface area contributed by atoms with E-state index in [1.165, 1.54) is 17.0 Å². The summed E-state index contributed by atoms with van der Waals surface area (Å²) in [6.07, 6.45) is -2.50. The van der Waals surface area contributed by atoms with Crippen LogP contribution >= 0.6 is 11.8 Å². The molecule has 1 rings (SSSR count). The minimum absolute atomic E-state index is 0.00162. The monoisotopic (exact) mass is 336 g/mol. The Morgan fingerprint density at radius 1 is 1.41 bits per heavy atom. The summed E-state index contributed by atoms with van der Waals surface area (Å²) < 4.78 is 41.4. The van der Waals surface area contributed by atoms with Crippen molar-refractivity contribution < 1.29 is 22.7 Å². The fraction of sp³-hybridized carbons (Fsp3) is 0.500. The second-order valence-corrected chi connectivity index (χ2v) is 5.66. The van der Waals surface area contributed by atoms with Gasteiger partial charge in [0, 0.05) is 18.8 Å². The number of urea groups is 1. The lowest BCUT2D eigenvalue weighted by Gasteiger charge is -2.25. The highest BCUT2D eigenvalue weighted by Crippen LogP contribution is 2.26. The van der Waals surface area contributed by atoms with Crippen LogP contribution < -0.4 is 10.1 Å². The summed E-state index contributed by atoms with van der Waals surface area (Å²) in [7, 11) is 1.63. The molecule has 0 aliphatic rings. The molecule has 2 amide bonds. The number of halogens is 3. The van der Waals surface area contributed by atoms with Crippen molar-refractivity contribution in [1.82, 2.24) is 4.90 Å². The molecule has 1 aromatic rings. The largest absolute Gasteiger partial charge is 0.482 e. The topological polar surface area (TPSA) is 41.6 Å². The minimum atomic E-state index is -4.43. The fourth-order valence-electron chi connectivity index (χ4n) is 1.61. The Labute approximate surface area is 132 Å². The molecule has 0 saturated carbocycles. The van der Waals surface area contributed by atoms with Crippen molar-refractivity contribution in [2.24, 2.45) is 0 Å². The summed E-state index contributed by atoms with van der Waals surface area (Å²) in [5.41, 5.74) is 0.208. The van der Waals surface area contributed by atoms with Crippen LogP contribution in [0.15, 0.2) is 24.3 Å². The fourth-order valence-corrected chi connectivity index (χ4v) is 2.32.